The lowest BCUT2D eigenvalue weighted by Crippen LogP contribution is -2.53. The first-order valence-corrected chi connectivity index (χ1v) is 9.25. The van der Waals surface area contributed by atoms with Crippen LogP contribution in [0.5, 0.6) is 0 Å². The molecule has 0 aromatic heterocycles. The summed E-state index contributed by atoms with van der Waals surface area (Å²) in [5, 5.41) is 0. The Labute approximate surface area is 147 Å². The van der Waals surface area contributed by atoms with Gasteiger partial charge in [0, 0.05) is 37.8 Å². The number of hydrogen-bond acceptors (Lipinski definition) is 2. The number of carbonyl (C=O) groups excluding carboxylic acids is 2. The van der Waals surface area contributed by atoms with Gasteiger partial charge >= 0.3 is 6.03 Å². The van der Waals surface area contributed by atoms with E-state index in [1.165, 1.54) is 43.5 Å². The molecule has 1 aliphatic carbocycles. The fraction of sp³-hybridized carbons (Fsp3) is 0.579. The minimum atomic E-state index is -0.342. The third-order valence-electron chi connectivity index (χ3n) is 5.78. The van der Waals surface area contributed by atoms with E-state index in [4.69, 9.17) is 0 Å². The van der Waals surface area contributed by atoms with Crippen molar-refractivity contribution in [2.75, 3.05) is 26.2 Å². The summed E-state index contributed by atoms with van der Waals surface area (Å²) in [6.07, 6.45) is 5.88. The number of rotatable bonds is 2. The van der Waals surface area contributed by atoms with Crippen molar-refractivity contribution in [2.24, 2.45) is 0 Å². The molecular formula is C19H24FN3O2. The fourth-order valence-corrected chi connectivity index (χ4v) is 4.39. The molecule has 0 radical (unpaired) electrons. The molecule has 25 heavy (non-hydrogen) atoms. The van der Waals surface area contributed by atoms with Crippen molar-refractivity contribution in [3.8, 4) is 0 Å². The third-order valence-corrected chi connectivity index (χ3v) is 5.78. The number of carbonyl (C=O) groups is 2. The molecule has 3 aliphatic rings. The molecule has 0 bridgehead atoms. The predicted molar refractivity (Wildman–Crippen MR) is 91.8 cm³/mol. The molecule has 1 aromatic rings. The summed E-state index contributed by atoms with van der Waals surface area (Å²) in [5.74, 6) is -0.422. The largest absolute Gasteiger partial charge is 0.335 e. The molecule has 1 unspecified atom stereocenters. The van der Waals surface area contributed by atoms with Crippen LogP contribution in [0, 0.1) is 5.82 Å². The SMILES string of the molecule is O=C(c1ccc(F)cc1)N1CCN2C(=O)N(C3CCCCC3)CC2C1. The van der Waals surface area contributed by atoms with Gasteiger partial charge in [0.1, 0.15) is 5.82 Å². The van der Waals surface area contributed by atoms with Gasteiger partial charge in [-0.2, -0.15) is 0 Å². The minimum Gasteiger partial charge on any atom is -0.335 e. The lowest BCUT2D eigenvalue weighted by molar-refractivity contribution is 0.0617. The van der Waals surface area contributed by atoms with Crippen LogP contribution in [-0.4, -0.2) is 64.9 Å². The molecule has 134 valence electrons. The molecule has 3 fully saturated rings. The van der Waals surface area contributed by atoms with Gasteiger partial charge in [-0.1, -0.05) is 19.3 Å². The number of halogens is 1. The molecule has 2 aliphatic heterocycles. The second-order valence-corrected chi connectivity index (χ2v) is 7.33. The van der Waals surface area contributed by atoms with Crippen molar-refractivity contribution in [1.82, 2.24) is 14.7 Å². The van der Waals surface area contributed by atoms with Gasteiger partial charge in [0.2, 0.25) is 0 Å². The van der Waals surface area contributed by atoms with Crippen molar-refractivity contribution in [3.63, 3.8) is 0 Å². The Balaban J connectivity index is 1.43. The number of piperazine rings is 1. The molecule has 5 nitrogen and oxygen atoms in total. The summed E-state index contributed by atoms with van der Waals surface area (Å²) in [4.78, 5) is 31.1. The first kappa shape index (κ1) is 16.4. The number of fused-ring (bicyclic) bond motifs is 1. The molecule has 6 heteroatoms. The Morgan fingerprint density at radius 2 is 1.64 bits per heavy atom. The molecule has 2 heterocycles. The Morgan fingerprint density at radius 3 is 2.36 bits per heavy atom. The maximum Gasteiger partial charge on any atom is 0.320 e. The highest BCUT2D eigenvalue weighted by molar-refractivity contribution is 5.94. The zero-order chi connectivity index (χ0) is 17.4. The van der Waals surface area contributed by atoms with Gasteiger partial charge in [-0.15, -0.1) is 0 Å². The van der Waals surface area contributed by atoms with Crippen LogP contribution in [0.25, 0.3) is 0 Å². The van der Waals surface area contributed by atoms with Crippen LogP contribution >= 0.6 is 0 Å². The van der Waals surface area contributed by atoms with E-state index in [0.717, 1.165) is 19.4 Å². The summed E-state index contributed by atoms with van der Waals surface area (Å²) >= 11 is 0. The zero-order valence-corrected chi connectivity index (χ0v) is 14.4. The van der Waals surface area contributed by atoms with E-state index in [0.29, 0.717) is 31.2 Å². The topological polar surface area (TPSA) is 43.9 Å². The van der Waals surface area contributed by atoms with Crippen LogP contribution in [-0.2, 0) is 0 Å². The average Bonchev–Trinajstić information content (AvgIpc) is 2.99. The van der Waals surface area contributed by atoms with Gasteiger partial charge in [0.25, 0.3) is 5.91 Å². The molecule has 2 saturated heterocycles. The standard InChI is InChI=1S/C19H24FN3O2/c20-15-8-6-14(7-9-15)18(24)21-10-11-22-17(12-21)13-23(19(22)25)16-4-2-1-3-5-16/h6-9,16-17H,1-5,10-13H2. The van der Waals surface area contributed by atoms with Gasteiger partial charge in [-0.25, -0.2) is 9.18 Å². The van der Waals surface area contributed by atoms with Crippen LogP contribution in [0.2, 0.25) is 0 Å². The van der Waals surface area contributed by atoms with E-state index < -0.39 is 0 Å². The number of nitrogens with zero attached hydrogens (tertiary/aromatic N) is 3. The first-order chi connectivity index (χ1) is 12.1. The molecular weight excluding hydrogens is 321 g/mol. The second kappa shape index (κ2) is 6.65. The summed E-state index contributed by atoms with van der Waals surface area (Å²) < 4.78 is 13.1. The van der Waals surface area contributed by atoms with Crippen LogP contribution in [0.1, 0.15) is 42.5 Å². The smallest absolute Gasteiger partial charge is 0.320 e. The van der Waals surface area contributed by atoms with Crippen molar-refractivity contribution in [1.29, 1.82) is 0 Å². The highest BCUT2D eigenvalue weighted by Gasteiger charge is 2.44. The number of urea groups is 1. The lowest BCUT2D eigenvalue weighted by atomic mass is 9.94. The Kier molecular flexibility index (Phi) is 4.36. The van der Waals surface area contributed by atoms with Crippen LogP contribution < -0.4 is 0 Å². The maximum absolute atomic E-state index is 13.1. The molecule has 1 atom stereocenters. The summed E-state index contributed by atoms with van der Waals surface area (Å²) in [5.41, 5.74) is 0.503. The highest BCUT2D eigenvalue weighted by Crippen LogP contribution is 2.29. The Hall–Kier alpha value is -2.11. The average molecular weight is 345 g/mol. The van der Waals surface area contributed by atoms with Gasteiger partial charge in [0.15, 0.2) is 0 Å². The Bertz CT molecular complexity index is 657. The highest BCUT2D eigenvalue weighted by atomic mass is 19.1. The van der Waals surface area contributed by atoms with Crippen molar-refractivity contribution in [3.05, 3.63) is 35.6 Å². The van der Waals surface area contributed by atoms with E-state index in [1.54, 1.807) is 4.90 Å². The number of hydrogen-bond donors (Lipinski definition) is 0. The molecule has 4 rings (SSSR count). The van der Waals surface area contributed by atoms with Crippen molar-refractivity contribution < 1.29 is 14.0 Å². The summed E-state index contributed by atoms with van der Waals surface area (Å²) in [6, 6.07) is 6.27. The van der Waals surface area contributed by atoms with Gasteiger partial charge < -0.3 is 14.7 Å². The normalized spacial score (nSPS) is 24.6. The summed E-state index contributed by atoms with van der Waals surface area (Å²) in [6.45, 7) is 2.40. The molecule has 3 amide bonds. The molecule has 0 spiro atoms. The van der Waals surface area contributed by atoms with Crippen molar-refractivity contribution >= 4 is 11.9 Å². The van der Waals surface area contributed by atoms with Gasteiger partial charge in [-0.3, -0.25) is 4.79 Å². The van der Waals surface area contributed by atoms with Crippen molar-refractivity contribution in [2.45, 2.75) is 44.2 Å². The van der Waals surface area contributed by atoms with E-state index in [2.05, 4.69) is 0 Å². The first-order valence-electron chi connectivity index (χ1n) is 9.25. The Morgan fingerprint density at radius 1 is 0.920 bits per heavy atom. The van der Waals surface area contributed by atoms with Gasteiger partial charge in [0.05, 0.1) is 6.04 Å². The molecule has 1 saturated carbocycles. The van der Waals surface area contributed by atoms with E-state index in [-0.39, 0.29) is 23.8 Å². The zero-order valence-electron chi connectivity index (χ0n) is 14.4. The maximum atomic E-state index is 13.1. The number of amides is 3. The molecule has 1 aromatic carbocycles. The summed E-state index contributed by atoms with van der Waals surface area (Å²) in [7, 11) is 0. The second-order valence-electron chi connectivity index (χ2n) is 7.33. The molecule has 0 N–H and O–H groups in total. The van der Waals surface area contributed by atoms with Crippen LogP contribution in [0.15, 0.2) is 24.3 Å². The fourth-order valence-electron chi connectivity index (χ4n) is 4.39. The van der Waals surface area contributed by atoms with E-state index >= 15 is 0 Å². The van der Waals surface area contributed by atoms with E-state index in [1.807, 2.05) is 9.80 Å². The lowest BCUT2D eigenvalue weighted by Gasteiger charge is -2.36. The third kappa shape index (κ3) is 3.10. The number of benzene rings is 1. The minimum absolute atomic E-state index is 0.0765. The van der Waals surface area contributed by atoms with Crippen LogP contribution in [0.3, 0.4) is 0 Å². The van der Waals surface area contributed by atoms with Gasteiger partial charge in [-0.05, 0) is 37.1 Å². The quantitative estimate of drug-likeness (QED) is 0.827. The monoisotopic (exact) mass is 345 g/mol. The van der Waals surface area contributed by atoms with E-state index in [9.17, 15) is 14.0 Å². The van der Waals surface area contributed by atoms with Crippen LogP contribution in [0.4, 0.5) is 9.18 Å². The predicted octanol–water partition coefficient (Wildman–Crippen LogP) is 2.72.